The number of rotatable bonds is 5. The first kappa shape index (κ1) is 20.1. The van der Waals surface area contributed by atoms with Crippen molar-refractivity contribution in [2.75, 3.05) is 5.32 Å². The molecule has 8 nitrogen and oxygen atoms in total. The summed E-state index contributed by atoms with van der Waals surface area (Å²) in [4.78, 5) is 30.3. The summed E-state index contributed by atoms with van der Waals surface area (Å²) in [6.07, 6.45) is -0.939. The highest BCUT2D eigenvalue weighted by atomic mass is 19.3. The van der Waals surface area contributed by atoms with Gasteiger partial charge in [0.05, 0.1) is 11.4 Å². The lowest BCUT2D eigenvalue weighted by atomic mass is 10.2. The Morgan fingerprint density at radius 1 is 1.19 bits per heavy atom. The van der Waals surface area contributed by atoms with Gasteiger partial charge in [-0.3, -0.25) is 14.3 Å². The molecular formula is C22H20F2N6O2. The van der Waals surface area contributed by atoms with Crippen LogP contribution in [0.25, 0.3) is 11.3 Å². The number of para-hydroxylation sites is 1. The molecule has 0 bridgehead atoms. The van der Waals surface area contributed by atoms with Crippen LogP contribution in [0.5, 0.6) is 0 Å². The fourth-order valence-corrected chi connectivity index (χ4v) is 3.76. The number of alkyl halides is 2. The molecule has 3 heterocycles. The van der Waals surface area contributed by atoms with Crippen molar-refractivity contribution in [1.82, 2.24) is 24.0 Å². The van der Waals surface area contributed by atoms with Crippen LogP contribution in [-0.2, 0) is 7.05 Å². The Morgan fingerprint density at radius 3 is 2.56 bits per heavy atom. The highest BCUT2D eigenvalue weighted by Crippen LogP contribution is 2.40. The second-order valence-corrected chi connectivity index (χ2v) is 7.87. The van der Waals surface area contributed by atoms with Crippen LogP contribution in [0, 0.1) is 6.92 Å². The van der Waals surface area contributed by atoms with Crippen molar-refractivity contribution >= 4 is 17.2 Å². The standard InChI is InChI=1S/C22H20F2N6O2/c1-12-19(22(32)30(28(12)2)14-6-4-3-5-7-14)26-21(31)16-11-18-25-15(13-8-9-13)10-17(20(23)24)29(18)27-16/h3-7,10-11,13,20H,8-9H2,1-2H3,(H,26,31). The van der Waals surface area contributed by atoms with Crippen molar-refractivity contribution in [1.29, 1.82) is 0 Å². The Labute approximate surface area is 181 Å². The van der Waals surface area contributed by atoms with Gasteiger partial charge in [-0.25, -0.2) is 23.0 Å². The number of carbonyl (C=O) groups excluding carboxylic acids is 1. The summed E-state index contributed by atoms with van der Waals surface area (Å²) in [7, 11) is 1.71. The fraction of sp³-hybridized carbons (Fsp3) is 0.273. The molecule has 0 saturated heterocycles. The van der Waals surface area contributed by atoms with Crippen molar-refractivity contribution in [2.45, 2.75) is 32.1 Å². The van der Waals surface area contributed by atoms with E-state index in [2.05, 4.69) is 15.4 Å². The maximum Gasteiger partial charge on any atom is 0.295 e. The number of halogens is 2. The summed E-state index contributed by atoms with van der Waals surface area (Å²) in [6.45, 7) is 1.71. The molecule has 0 radical (unpaired) electrons. The average Bonchev–Trinajstić information content (AvgIpc) is 3.50. The minimum atomic E-state index is -2.76. The van der Waals surface area contributed by atoms with E-state index in [9.17, 15) is 18.4 Å². The molecule has 0 spiro atoms. The third kappa shape index (κ3) is 3.28. The van der Waals surface area contributed by atoms with Crippen LogP contribution in [0.3, 0.4) is 0 Å². The zero-order chi connectivity index (χ0) is 22.6. The van der Waals surface area contributed by atoms with Gasteiger partial charge in [0, 0.05) is 24.7 Å². The van der Waals surface area contributed by atoms with E-state index in [1.54, 1.807) is 30.8 Å². The molecule has 32 heavy (non-hydrogen) atoms. The Morgan fingerprint density at radius 2 is 1.91 bits per heavy atom. The SMILES string of the molecule is Cc1c(NC(=O)c2cc3nc(C4CC4)cc(C(F)F)n3n2)c(=O)n(-c2ccccc2)n1C. The number of nitrogens with one attached hydrogen (secondary N) is 1. The maximum atomic E-state index is 13.6. The third-order valence-electron chi connectivity index (χ3n) is 5.72. The molecule has 1 N–H and O–H groups in total. The first-order valence-electron chi connectivity index (χ1n) is 10.2. The fourth-order valence-electron chi connectivity index (χ4n) is 3.76. The van der Waals surface area contributed by atoms with E-state index in [1.165, 1.54) is 16.8 Å². The third-order valence-corrected chi connectivity index (χ3v) is 5.72. The number of fused-ring (bicyclic) bond motifs is 1. The summed E-state index contributed by atoms with van der Waals surface area (Å²) in [5.74, 6) is -0.497. The van der Waals surface area contributed by atoms with Crippen molar-refractivity contribution in [3.8, 4) is 5.69 Å². The van der Waals surface area contributed by atoms with Gasteiger partial charge in [-0.1, -0.05) is 18.2 Å². The first-order valence-corrected chi connectivity index (χ1v) is 10.2. The second kappa shape index (κ2) is 7.40. The Bertz CT molecular complexity index is 1400. The van der Waals surface area contributed by atoms with E-state index < -0.39 is 17.9 Å². The number of hydrogen-bond donors (Lipinski definition) is 1. The van der Waals surface area contributed by atoms with Crippen LogP contribution in [0.1, 0.15) is 52.8 Å². The first-order chi connectivity index (χ1) is 15.3. The zero-order valence-corrected chi connectivity index (χ0v) is 17.4. The van der Waals surface area contributed by atoms with Gasteiger partial charge in [-0.15, -0.1) is 0 Å². The number of nitrogens with zero attached hydrogens (tertiary/aromatic N) is 5. The number of aromatic nitrogens is 5. The van der Waals surface area contributed by atoms with Gasteiger partial charge in [0.1, 0.15) is 11.4 Å². The number of hydrogen-bond acceptors (Lipinski definition) is 4. The van der Waals surface area contributed by atoms with Crippen molar-refractivity contribution < 1.29 is 13.6 Å². The summed E-state index contributed by atoms with van der Waals surface area (Å²) in [6, 6.07) is 11.7. The van der Waals surface area contributed by atoms with Crippen LogP contribution in [-0.4, -0.2) is 29.9 Å². The Balaban J connectivity index is 1.52. The molecule has 1 aromatic carbocycles. The van der Waals surface area contributed by atoms with Crippen molar-refractivity contribution in [2.24, 2.45) is 7.05 Å². The lowest BCUT2D eigenvalue weighted by Gasteiger charge is -2.07. The molecular weight excluding hydrogens is 418 g/mol. The number of benzene rings is 1. The van der Waals surface area contributed by atoms with Crippen LogP contribution in [0.15, 0.2) is 47.3 Å². The molecule has 4 aromatic rings. The molecule has 10 heteroatoms. The van der Waals surface area contributed by atoms with Crippen LogP contribution in [0.2, 0.25) is 0 Å². The van der Waals surface area contributed by atoms with Gasteiger partial charge in [-0.2, -0.15) is 5.10 Å². The van der Waals surface area contributed by atoms with Crippen molar-refractivity contribution in [3.05, 3.63) is 75.6 Å². The molecule has 0 atom stereocenters. The molecule has 1 fully saturated rings. The number of amides is 1. The van der Waals surface area contributed by atoms with Gasteiger partial charge in [0.25, 0.3) is 17.9 Å². The topological polar surface area (TPSA) is 86.2 Å². The van der Waals surface area contributed by atoms with E-state index in [0.717, 1.165) is 17.4 Å². The molecule has 164 valence electrons. The molecule has 3 aromatic heterocycles. The molecule has 1 aliphatic carbocycles. The predicted molar refractivity (Wildman–Crippen MR) is 114 cm³/mol. The summed E-state index contributed by atoms with van der Waals surface area (Å²) < 4.78 is 31.3. The summed E-state index contributed by atoms with van der Waals surface area (Å²) in [5.41, 5.74) is 1.24. The maximum absolute atomic E-state index is 13.6. The zero-order valence-electron chi connectivity index (χ0n) is 17.4. The average molecular weight is 438 g/mol. The van der Waals surface area contributed by atoms with E-state index in [4.69, 9.17) is 0 Å². The van der Waals surface area contributed by atoms with Crippen molar-refractivity contribution in [3.63, 3.8) is 0 Å². The normalized spacial score (nSPS) is 13.8. The van der Waals surface area contributed by atoms with E-state index >= 15 is 0 Å². The Hall–Kier alpha value is -3.82. The van der Waals surface area contributed by atoms with Crippen LogP contribution >= 0.6 is 0 Å². The second-order valence-electron chi connectivity index (χ2n) is 7.87. The summed E-state index contributed by atoms with van der Waals surface area (Å²) >= 11 is 0. The van der Waals surface area contributed by atoms with E-state index in [0.29, 0.717) is 17.1 Å². The largest absolute Gasteiger partial charge is 0.314 e. The van der Waals surface area contributed by atoms with Gasteiger partial charge in [0.15, 0.2) is 11.3 Å². The lowest BCUT2D eigenvalue weighted by Crippen LogP contribution is -2.23. The van der Waals surface area contributed by atoms with Gasteiger partial charge >= 0.3 is 0 Å². The molecule has 0 unspecified atom stereocenters. The van der Waals surface area contributed by atoms with E-state index in [-0.39, 0.29) is 28.6 Å². The van der Waals surface area contributed by atoms with Gasteiger partial charge < -0.3 is 5.32 Å². The molecule has 1 aliphatic rings. The predicted octanol–water partition coefficient (Wildman–Crippen LogP) is 3.59. The number of anilines is 1. The molecule has 5 rings (SSSR count). The van der Waals surface area contributed by atoms with E-state index in [1.807, 2.05) is 18.2 Å². The highest BCUT2D eigenvalue weighted by molar-refractivity contribution is 6.03. The number of carbonyl (C=O) groups is 1. The lowest BCUT2D eigenvalue weighted by molar-refractivity contribution is 0.102. The summed E-state index contributed by atoms with van der Waals surface area (Å²) in [5, 5.41) is 6.65. The van der Waals surface area contributed by atoms with Crippen LogP contribution < -0.4 is 10.9 Å². The minimum absolute atomic E-state index is 0.0961. The quantitative estimate of drug-likeness (QED) is 0.516. The van der Waals surface area contributed by atoms with Gasteiger partial charge in [0.2, 0.25) is 0 Å². The molecule has 0 aliphatic heterocycles. The van der Waals surface area contributed by atoms with Crippen LogP contribution in [0.4, 0.5) is 14.5 Å². The molecule has 1 amide bonds. The highest BCUT2D eigenvalue weighted by Gasteiger charge is 2.29. The monoisotopic (exact) mass is 438 g/mol. The molecule has 1 saturated carbocycles. The van der Waals surface area contributed by atoms with Gasteiger partial charge in [-0.05, 0) is 38.0 Å². The Kier molecular flexibility index (Phi) is 4.65. The minimum Gasteiger partial charge on any atom is -0.314 e. The smallest absolute Gasteiger partial charge is 0.295 e.